The summed E-state index contributed by atoms with van der Waals surface area (Å²) in [4.78, 5) is 7.97. The number of benzene rings is 1. The van der Waals surface area contributed by atoms with Crippen LogP contribution < -0.4 is 0 Å². The second-order valence-electron chi connectivity index (χ2n) is 5.66. The van der Waals surface area contributed by atoms with E-state index in [9.17, 15) is 0 Å². The van der Waals surface area contributed by atoms with E-state index in [2.05, 4.69) is 55.9 Å². The molecule has 1 unspecified atom stereocenters. The van der Waals surface area contributed by atoms with E-state index in [1.54, 1.807) is 6.26 Å². The van der Waals surface area contributed by atoms with Crippen molar-refractivity contribution in [3.05, 3.63) is 59.0 Å². The van der Waals surface area contributed by atoms with Gasteiger partial charge < -0.3 is 9.25 Å². The molecule has 0 amide bonds. The third-order valence-electron chi connectivity index (χ3n) is 4.01. The molecule has 1 atom stereocenters. The molecule has 23 heavy (non-hydrogen) atoms. The van der Waals surface area contributed by atoms with Gasteiger partial charge in [-0.15, -0.1) is 0 Å². The van der Waals surface area contributed by atoms with Crippen molar-refractivity contribution < 1.29 is 9.25 Å². The molecule has 0 N–H and O–H groups in total. The molecule has 0 spiro atoms. The maximum atomic E-state index is 5.77. The van der Waals surface area contributed by atoms with E-state index in [1.165, 1.54) is 5.56 Å². The van der Waals surface area contributed by atoms with Crippen molar-refractivity contribution in [2.45, 2.75) is 40.8 Å². The Morgan fingerprint density at radius 3 is 2.52 bits per heavy atom. The van der Waals surface area contributed by atoms with Gasteiger partial charge in [0.1, 0.15) is 0 Å². The van der Waals surface area contributed by atoms with E-state index in [-0.39, 0.29) is 6.23 Å². The molecular weight excluding hydrogens is 288 g/mol. The molecule has 2 aromatic rings. The highest BCUT2D eigenvalue weighted by Crippen LogP contribution is 2.18. The summed E-state index contributed by atoms with van der Waals surface area (Å²) in [6, 6.07) is 10.1. The molecule has 0 saturated carbocycles. The Morgan fingerprint density at radius 2 is 1.96 bits per heavy atom. The number of furan rings is 1. The van der Waals surface area contributed by atoms with E-state index in [0.717, 1.165) is 29.9 Å². The Kier molecular flexibility index (Phi) is 5.99. The first kappa shape index (κ1) is 17.3. The van der Waals surface area contributed by atoms with Crippen LogP contribution in [-0.4, -0.2) is 29.9 Å². The van der Waals surface area contributed by atoms with Crippen molar-refractivity contribution in [2.24, 2.45) is 5.16 Å². The summed E-state index contributed by atoms with van der Waals surface area (Å²) in [5.41, 5.74) is 4.13. The molecule has 0 fully saturated rings. The van der Waals surface area contributed by atoms with Crippen molar-refractivity contribution >= 4 is 5.71 Å². The van der Waals surface area contributed by atoms with Gasteiger partial charge in [0.2, 0.25) is 0 Å². The van der Waals surface area contributed by atoms with Gasteiger partial charge in [0.05, 0.1) is 6.26 Å². The van der Waals surface area contributed by atoms with Crippen LogP contribution in [0.4, 0.5) is 0 Å². The average molecular weight is 314 g/mol. The molecule has 0 aliphatic carbocycles. The predicted octanol–water partition coefficient (Wildman–Crippen LogP) is 4.35. The number of aryl methyl sites for hydroxylation is 2. The lowest BCUT2D eigenvalue weighted by Gasteiger charge is -2.24. The molecule has 0 aliphatic rings. The fourth-order valence-electron chi connectivity index (χ4n) is 2.65. The number of hydrogen-bond acceptors (Lipinski definition) is 4. The van der Waals surface area contributed by atoms with Gasteiger partial charge in [-0.2, -0.15) is 0 Å². The van der Waals surface area contributed by atoms with Crippen molar-refractivity contribution in [2.75, 3.05) is 13.1 Å². The molecule has 0 saturated heterocycles. The van der Waals surface area contributed by atoms with Crippen molar-refractivity contribution in [3.8, 4) is 0 Å². The fraction of sp³-hybridized carbons (Fsp3) is 0.421. The lowest BCUT2D eigenvalue weighted by molar-refractivity contribution is -0.0405. The van der Waals surface area contributed by atoms with Crippen LogP contribution in [0, 0.1) is 13.8 Å². The summed E-state index contributed by atoms with van der Waals surface area (Å²) in [5.74, 6) is 0.712. The first-order valence-electron chi connectivity index (χ1n) is 8.16. The molecular formula is C19H26N2O2. The summed E-state index contributed by atoms with van der Waals surface area (Å²) in [7, 11) is 0. The minimum Gasteiger partial charge on any atom is -0.463 e. The predicted molar refractivity (Wildman–Crippen MR) is 93.7 cm³/mol. The smallest absolute Gasteiger partial charge is 0.178 e. The summed E-state index contributed by atoms with van der Waals surface area (Å²) in [5, 5.41) is 4.42. The lowest BCUT2D eigenvalue weighted by atomic mass is 10.0. The topological polar surface area (TPSA) is 38.0 Å². The third kappa shape index (κ3) is 4.23. The van der Waals surface area contributed by atoms with Gasteiger partial charge in [0.15, 0.2) is 17.7 Å². The number of nitrogens with zero attached hydrogens (tertiary/aromatic N) is 2. The Balaban J connectivity index is 2.34. The van der Waals surface area contributed by atoms with E-state index >= 15 is 0 Å². The van der Waals surface area contributed by atoms with Gasteiger partial charge in [0.25, 0.3) is 0 Å². The molecule has 2 rings (SSSR count). The summed E-state index contributed by atoms with van der Waals surface area (Å²) >= 11 is 0. The van der Waals surface area contributed by atoms with Gasteiger partial charge >= 0.3 is 0 Å². The second-order valence-corrected chi connectivity index (χ2v) is 5.66. The second kappa shape index (κ2) is 7.97. The Bertz CT molecular complexity index is 643. The van der Waals surface area contributed by atoms with E-state index in [4.69, 9.17) is 9.25 Å². The van der Waals surface area contributed by atoms with Crippen LogP contribution >= 0.6 is 0 Å². The maximum Gasteiger partial charge on any atom is 0.178 e. The summed E-state index contributed by atoms with van der Waals surface area (Å²) in [6.07, 6.45) is 1.57. The maximum absolute atomic E-state index is 5.77. The first-order valence-corrected chi connectivity index (χ1v) is 8.16. The van der Waals surface area contributed by atoms with Crippen LogP contribution in [-0.2, 0) is 4.84 Å². The zero-order chi connectivity index (χ0) is 16.8. The first-order chi connectivity index (χ1) is 11.1. The van der Waals surface area contributed by atoms with E-state index in [0.29, 0.717) is 5.76 Å². The molecule has 1 aromatic carbocycles. The molecule has 124 valence electrons. The minimum atomic E-state index is -0.0827. The van der Waals surface area contributed by atoms with E-state index in [1.807, 2.05) is 19.1 Å². The highest BCUT2D eigenvalue weighted by molar-refractivity contribution is 6.11. The number of rotatable bonds is 7. The molecule has 1 heterocycles. The monoisotopic (exact) mass is 314 g/mol. The van der Waals surface area contributed by atoms with Crippen LogP contribution in [0.25, 0.3) is 0 Å². The van der Waals surface area contributed by atoms with E-state index < -0.39 is 0 Å². The number of oxime groups is 1. The van der Waals surface area contributed by atoms with Crippen molar-refractivity contribution in [1.82, 2.24) is 4.90 Å². The van der Waals surface area contributed by atoms with Crippen LogP contribution in [0.1, 0.15) is 43.2 Å². The summed E-state index contributed by atoms with van der Waals surface area (Å²) < 4.78 is 5.56. The Morgan fingerprint density at radius 1 is 1.22 bits per heavy atom. The molecule has 0 radical (unpaired) electrons. The fourth-order valence-corrected chi connectivity index (χ4v) is 2.65. The largest absolute Gasteiger partial charge is 0.463 e. The van der Waals surface area contributed by atoms with Gasteiger partial charge in [-0.25, -0.2) is 0 Å². The third-order valence-corrected chi connectivity index (χ3v) is 4.01. The molecule has 4 heteroatoms. The quantitative estimate of drug-likeness (QED) is 0.433. The van der Waals surface area contributed by atoms with Gasteiger partial charge in [0, 0.05) is 5.56 Å². The van der Waals surface area contributed by atoms with Gasteiger partial charge in [-0.3, -0.25) is 4.90 Å². The minimum absolute atomic E-state index is 0.0827. The van der Waals surface area contributed by atoms with Gasteiger partial charge in [-0.1, -0.05) is 42.8 Å². The van der Waals surface area contributed by atoms with Crippen molar-refractivity contribution in [3.63, 3.8) is 0 Å². The van der Waals surface area contributed by atoms with Crippen LogP contribution in [0.15, 0.2) is 46.2 Å². The van der Waals surface area contributed by atoms with Gasteiger partial charge in [-0.05, 0) is 51.6 Å². The SMILES string of the molecule is CCN(CC)C(C)ON=C(c1ccco1)c1ccc(C)cc1C. The van der Waals surface area contributed by atoms with Crippen LogP contribution in [0.2, 0.25) is 0 Å². The Labute approximate surface area is 138 Å². The van der Waals surface area contributed by atoms with Crippen LogP contribution in [0.3, 0.4) is 0 Å². The summed E-state index contributed by atoms with van der Waals surface area (Å²) in [6.45, 7) is 12.3. The highest BCUT2D eigenvalue weighted by atomic mass is 16.6. The zero-order valence-corrected chi connectivity index (χ0v) is 14.7. The molecule has 0 aliphatic heterocycles. The lowest BCUT2D eigenvalue weighted by Crippen LogP contribution is -2.33. The average Bonchev–Trinajstić information content (AvgIpc) is 3.04. The van der Waals surface area contributed by atoms with Crippen molar-refractivity contribution in [1.29, 1.82) is 0 Å². The zero-order valence-electron chi connectivity index (χ0n) is 14.7. The molecule has 4 nitrogen and oxygen atoms in total. The van der Waals surface area contributed by atoms with Crippen LogP contribution in [0.5, 0.6) is 0 Å². The highest BCUT2D eigenvalue weighted by Gasteiger charge is 2.16. The molecule has 0 bridgehead atoms. The number of hydrogen-bond donors (Lipinski definition) is 0. The Hall–Kier alpha value is -2.07. The standard InChI is InChI=1S/C19H26N2O2/c1-6-21(7-2)16(5)23-20-19(18-9-8-12-22-18)17-11-10-14(3)13-15(17)4/h8-13,16H,6-7H2,1-5H3. The normalized spacial score (nSPS) is 13.4. The molecule has 1 aromatic heterocycles.